The highest BCUT2D eigenvalue weighted by Crippen LogP contribution is 2.42. The Morgan fingerprint density at radius 3 is 2.73 bits per heavy atom. The Hall–Kier alpha value is -2.71. The smallest absolute Gasteiger partial charge is 0.345 e. The lowest BCUT2D eigenvalue weighted by molar-refractivity contribution is 0.0691. The van der Waals surface area contributed by atoms with E-state index in [0.717, 1.165) is 41.0 Å². The fraction of sp³-hybridized carbons (Fsp3) is 0.364. The molecule has 30 heavy (non-hydrogen) atoms. The number of aromatic nitrogens is 2. The zero-order chi connectivity index (χ0) is 21.0. The second-order valence-electron chi connectivity index (χ2n) is 8.02. The number of pyridine rings is 1. The highest BCUT2D eigenvalue weighted by Gasteiger charge is 2.26. The number of aromatic carboxylic acids is 1. The normalized spacial score (nSPS) is 16.4. The van der Waals surface area contributed by atoms with Gasteiger partial charge in [-0.05, 0) is 50.6 Å². The summed E-state index contributed by atoms with van der Waals surface area (Å²) >= 11 is 1.66. The minimum absolute atomic E-state index is 0.419. The molecule has 1 fully saturated rings. The summed E-state index contributed by atoms with van der Waals surface area (Å²) in [7, 11) is 2.09. The molecule has 0 amide bonds. The summed E-state index contributed by atoms with van der Waals surface area (Å²) in [4.78, 5) is 30.0. The molecule has 0 radical (unpaired) electrons. The number of aromatic hydroxyl groups is 1. The van der Waals surface area contributed by atoms with Crippen LogP contribution in [0.15, 0.2) is 27.9 Å². The van der Waals surface area contributed by atoms with Gasteiger partial charge in [0.25, 0.3) is 5.56 Å². The van der Waals surface area contributed by atoms with Crippen LogP contribution in [0.1, 0.15) is 34.5 Å². The van der Waals surface area contributed by atoms with E-state index in [4.69, 9.17) is 0 Å². The average Bonchev–Trinajstić information content (AvgIpc) is 3.26. The quantitative estimate of drug-likeness (QED) is 0.596. The van der Waals surface area contributed by atoms with Crippen LogP contribution in [0.25, 0.3) is 22.2 Å². The van der Waals surface area contributed by atoms with Gasteiger partial charge in [-0.15, -0.1) is 11.8 Å². The molecule has 0 unspecified atom stereocenters. The van der Waals surface area contributed by atoms with E-state index in [0.29, 0.717) is 23.4 Å². The number of nitrogens with one attached hydrogen (secondary N) is 1. The number of hydrogen-bond acceptors (Lipinski definition) is 5. The Kier molecular flexibility index (Phi) is 4.63. The third kappa shape index (κ3) is 3.02. The van der Waals surface area contributed by atoms with Gasteiger partial charge >= 0.3 is 5.97 Å². The van der Waals surface area contributed by atoms with Crippen LogP contribution < -0.4 is 5.56 Å². The number of carboxylic acid groups (broad SMARTS) is 1. The van der Waals surface area contributed by atoms with Gasteiger partial charge in [-0.25, -0.2) is 4.79 Å². The van der Waals surface area contributed by atoms with E-state index in [2.05, 4.69) is 33.6 Å². The van der Waals surface area contributed by atoms with Gasteiger partial charge in [0.1, 0.15) is 5.75 Å². The Morgan fingerprint density at radius 2 is 2.00 bits per heavy atom. The van der Waals surface area contributed by atoms with Gasteiger partial charge < -0.3 is 19.8 Å². The van der Waals surface area contributed by atoms with Gasteiger partial charge in [0.15, 0.2) is 5.56 Å². The predicted molar refractivity (Wildman–Crippen MR) is 117 cm³/mol. The molecule has 0 bridgehead atoms. The number of likely N-dealkylation sites (tertiary alicyclic amines) is 1. The first kappa shape index (κ1) is 19.3. The summed E-state index contributed by atoms with van der Waals surface area (Å²) in [5, 5.41) is 20.9. The Labute approximate surface area is 177 Å². The van der Waals surface area contributed by atoms with Crippen molar-refractivity contribution in [3.05, 3.63) is 45.4 Å². The van der Waals surface area contributed by atoms with E-state index in [1.54, 1.807) is 11.8 Å². The number of benzene rings is 1. The summed E-state index contributed by atoms with van der Waals surface area (Å²) < 4.78 is 2.23. The number of H-pyrrole nitrogens is 1. The molecular weight excluding hydrogens is 402 g/mol. The lowest BCUT2D eigenvalue weighted by Crippen LogP contribution is -2.20. The van der Waals surface area contributed by atoms with E-state index in [1.807, 2.05) is 6.07 Å². The molecule has 1 saturated heterocycles. The van der Waals surface area contributed by atoms with Crippen molar-refractivity contribution in [3.8, 4) is 17.0 Å². The van der Waals surface area contributed by atoms with Gasteiger partial charge in [0.05, 0.1) is 5.69 Å². The van der Waals surface area contributed by atoms with Crippen molar-refractivity contribution in [2.45, 2.75) is 30.7 Å². The predicted octanol–water partition coefficient (Wildman–Crippen LogP) is 3.18. The summed E-state index contributed by atoms with van der Waals surface area (Å²) in [6, 6.07) is 6.37. The second kappa shape index (κ2) is 7.21. The van der Waals surface area contributed by atoms with E-state index < -0.39 is 22.8 Å². The largest absolute Gasteiger partial charge is 0.506 e. The zero-order valence-electron chi connectivity index (χ0n) is 16.7. The molecule has 7 nitrogen and oxygen atoms in total. The topological polar surface area (TPSA) is 98.6 Å². The summed E-state index contributed by atoms with van der Waals surface area (Å²) in [5.74, 6) is -1.15. The SMILES string of the molecule is Cn1c(CN2CCCC2)cc2cc3c(cc21)SCCc1c-3[nH]c(=O)c(C(=O)O)c1O. The van der Waals surface area contributed by atoms with Crippen LogP contribution in [0.5, 0.6) is 5.75 Å². The molecule has 3 aromatic rings. The maximum absolute atomic E-state index is 12.4. The first-order chi connectivity index (χ1) is 14.4. The van der Waals surface area contributed by atoms with Crippen LogP contribution in [0, 0.1) is 0 Å². The molecule has 8 heteroatoms. The fourth-order valence-electron chi connectivity index (χ4n) is 4.62. The summed E-state index contributed by atoms with van der Waals surface area (Å²) in [6.45, 7) is 3.18. The first-order valence-electron chi connectivity index (χ1n) is 10.1. The zero-order valence-corrected chi connectivity index (χ0v) is 17.5. The lowest BCUT2D eigenvalue weighted by Gasteiger charge is -2.15. The number of aryl methyl sites for hydroxylation is 1. The Bertz CT molecular complexity index is 1240. The van der Waals surface area contributed by atoms with E-state index in [-0.39, 0.29) is 0 Å². The molecular formula is C22H23N3O4S. The number of aromatic amines is 1. The number of nitrogens with zero attached hydrogens (tertiary/aromatic N) is 2. The van der Waals surface area contributed by atoms with E-state index in [9.17, 15) is 19.8 Å². The van der Waals surface area contributed by atoms with Crippen LogP contribution in [-0.4, -0.2) is 49.5 Å². The van der Waals surface area contributed by atoms with Crippen molar-refractivity contribution < 1.29 is 15.0 Å². The van der Waals surface area contributed by atoms with E-state index in [1.165, 1.54) is 18.5 Å². The van der Waals surface area contributed by atoms with Gasteiger partial charge in [-0.3, -0.25) is 9.69 Å². The molecule has 0 atom stereocenters. The third-order valence-electron chi connectivity index (χ3n) is 6.21. The summed E-state index contributed by atoms with van der Waals surface area (Å²) in [5.41, 5.74) is 2.86. The van der Waals surface area contributed by atoms with Crippen LogP contribution >= 0.6 is 11.8 Å². The van der Waals surface area contributed by atoms with Crippen molar-refractivity contribution >= 4 is 28.6 Å². The van der Waals surface area contributed by atoms with Gasteiger partial charge in [0.2, 0.25) is 0 Å². The molecule has 1 aromatic carbocycles. The van der Waals surface area contributed by atoms with Crippen molar-refractivity contribution in [1.82, 2.24) is 14.5 Å². The van der Waals surface area contributed by atoms with E-state index >= 15 is 0 Å². The molecule has 2 aromatic heterocycles. The molecule has 0 spiro atoms. The minimum Gasteiger partial charge on any atom is -0.506 e. The highest BCUT2D eigenvalue weighted by atomic mass is 32.2. The third-order valence-corrected chi connectivity index (χ3v) is 7.27. The molecule has 2 aliphatic rings. The number of rotatable bonds is 3. The number of hydrogen-bond donors (Lipinski definition) is 3. The maximum atomic E-state index is 12.4. The second-order valence-corrected chi connectivity index (χ2v) is 9.16. The maximum Gasteiger partial charge on any atom is 0.345 e. The summed E-state index contributed by atoms with van der Waals surface area (Å²) in [6.07, 6.45) is 2.98. The standard InChI is InChI=1S/C22H23N3O4S/c1-24-13(11-25-5-2-3-6-25)8-12-9-15-17(10-16(12)24)30-7-4-14-19(15)23-21(27)18(20(14)26)22(28)29/h8-10H,2-7,11H2,1H3,(H,28,29)(H2,23,26,27). The Morgan fingerprint density at radius 1 is 1.23 bits per heavy atom. The molecule has 5 rings (SSSR count). The van der Waals surface area contributed by atoms with Crippen LogP contribution in [0.4, 0.5) is 0 Å². The molecule has 156 valence electrons. The number of thioether (sulfide) groups is 1. The number of fused-ring (bicyclic) bond motifs is 4. The number of carbonyl (C=O) groups is 1. The fourth-order valence-corrected chi connectivity index (χ4v) is 5.66. The number of carboxylic acids is 1. The molecule has 2 aliphatic heterocycles. The van der Waals surface area contributed by atoms with Crippen LogP contribution in [-0.2, 0) is 20.0 Å². The van der Waals surface area contributed by atoms with Crippen LogP contribution in [0.3, 0.4) is 0 Å². The molecule has 4 heterocycles. The lowest BCUT2D eigenvalue weighted by atomic mass is 9.99. The highest BCUT2D eigenvalue weighted by molar-refractivity contribution is 7.99. The van der Waals surface area contributed by atoms with Crippen molar-refractivity contribution in [2.24, 2.45) is 7.05 Å². The van der Waals surface area contributed by atoms with Gasteiger partial charge in [-0.1, -0.05) is 0 Å². The monoisotopic (exact) mass is 425 g/mol. The van der Waals surface area contributed by atoms with Crippen LogP contribution in [0.2, 0.25) is 0 Å². The van der Waals surface area contributed by atoms with Gasteiger partial charge in [-0.2, -0.15) is 0 Å². The molecule has 0 aliphatic carbocycles. The van der Waals surface area contributed by atoms with Crippen molar-refractivity contribution in [3.63, 3.8) is 0 Å². The minimum atomic E-state index is -1.42. The van der Waals surface area contributed by atoms with Crippen molar-refractivity contribution in [2.75, 3.05) is 18.8 Å². The average molecular weight is 426 g/mol. The van der Waals surface area contributed by atoms with Crippen molar-refractivity contribution in [1.29, 1.82) is 0 Å². The molecule has 3 N–H and O–H groups in total. The molecule has 0 saturated carbocycles. The first-order valence-corrected chi connectivity index (χ1v) is 11.1. The van der Waals surface area contributed by atoms with Gasteiger partial charge in [0, 0.05) is 52.0 Å². The Balaban J connectivity index is 1.67.